The molecule has 0 bridgehead atoms. The highest BCUT2D eigenvalue weighted by Crippen LogP contribution is 2.33. The summed E-state index contributed by atoms with van der Waals surface area (Å²) in [5, 5.41) is 17.9. The molecule has 33 heavy (non-hydrogen) atoms. The molecule has 9 nitrogen and oxygen atoms in total. The van der Waals surface area contributed by atoms with Crippen LogP contribution >= 0.6 is 0 Å². The van der Waals surface area contributed by atoms with Crippen LogP contribution in [0.4, 0.5) is 0 Å². The van der Waals surface area contributed by atoms with Gasteiger partial charge in [-0.25, -0.2) is 9.78 Å². The number of para-hydroxylation sites is 1. The molecule has 166 valence electrons. The Balaban J connectivity index is 1.43. The van der Waals surface area contributed by atoms with Gasteiger partial charge in [0.25, 0.3) is 5.91 Å². The first-order valence-electron chi connectivity index (χ1n) is 10.7. The summed E-state index contributed by atoms with van der Waals surface area (Å²) in [5.74, 6) is -0.912. The zero-order valence-corrected chi connectivity index (χ0v) is 17.7. The predicted molar refractivity (Wildman–Crippen MR) is 118 cm³/mol. The molecule has 0 spiro atoms. The summed E-state index contributed by atoms with van der Waals surface area (Å²) in [6.45, 7) is 0.974. The van der Waals surface area contributed by atoms with Gasteiger partial charge in [-0.3, -0.25) is 4.79 Å². The van der Waals surface area contributed by atoms with Gasteiger partial charge in [0, 0.05) is 18.7 Å². The lowest BCUT2D eigenvalue weighted by Crippen LogP contribution is -2.39. The number of amides is 1. The molecular formula is C24H21N5O4. The van der Waals surface area contributed by atoms with Crippen LogP contribution in [0.1, 0.15) is 45.5 Å². The van der Waals surface area contributed by atoms with Crippen LogP contribution in [0.2, 0.25) is 0 Å². The Kier molecular flexibility index (Phi) is 5.43. The standard InChI is InChI=1S/C24H21N5O4/c30-23(18-10-4-5-11-19(18)29-25-12-13-26-29)28-14-6-9-17(15-28)22-27-20(24(31)32)21(33-22)16-7-2-1-3-8-16/h1-5,7-8,10-13,17H,6,9,14-15H2,(H,31,32)/t17-/m1/s1. The first-order valence-corrected chi connectivity index (χ1v) is 10.7. The number of nitrogens with zero attached hydrogens (tertiary/aromatic N) is 5. The Bertz CT molecular complexity index is 1280. The van der Waals surface area contributed by atoms with Gasteiger partial charge in [0.05, 0.1) is 29.6 Å². The first-order chi connectivity index (χ1) is 16.1. The zero-order valence-electron chi connectivity index (χ0n) is 17.7. The Morgan fingerprint density at radius 1 is 1.00 bits per heavy atom. The minimum atomic E-state index is -1.15. The van der Waals surface area contributed by atoms with Crippen molar-refractivity contribution >= 4 is 11.9 Å². The van der Waals surface area contributed by atoms with Crippen LogP contribution in [0.5, 0.6) is 0 Å². The third-order valence-corrected chi connectivity index (χ3v) is 5.71. The van der Waals surface area contributed by atoms with E-state index in [1.807, 2.05) is 24.3 Å². The smallest absolute Gasteiger partial charge is 0.358 e. The van der Waals surface area contributed by atoms with E-state index in [9.17, 15) is 14.7 Å². The van der Waals surface area contributed by atoms with Gasteiger partial charge < -0.3 is 14.4 Å². The van der Waals surface area contributed by atoms with Gasteiger partial charge >= 0.3 is 5.97 Å². The Morgan fingerprint density at radius 2 is 1.73 bits per heavy atom. The lowest BCUT2D eigenvalue weighted by molar-refractivity contribution is 0.0681. The number of carboxylic acid groups (broad SMARTS) is 1. The monoisotopic (exact) mass is 443 g/mol. The van der Waals surface area contributed by atoms with Crippen LogP contribution in [0.15, 0.2) is 71.4 Å². The number of carbonyl (C=O) groups excluding carboxylic acids is 1. The molecule has 1 aliphatic heterocycles. The summed E-state index contributed by atoms with van der Waals surface area (Å²) >= 11 is 0. The lowest BCUT2D eigenvalue weighted by atomic mass is 9.97. The van der Waals surface area contributed by atoms with Crippen molar-refractivity contribution in [3.05, 3.63) is 84.1 Å². The SMILES string of the molecule is O=C(O)c1nc([C@@H]2CCCN(C(=O)c3ccccc3-n3nccn3)C2)oc1-c1ccccc1. The molecule has 1 saturated heterocycles. The second-order valence-electron chi connectivity index (χ2n) is 7.83. The van der Waals surface area contributed by atoms with E-state index >= 15 is 0 Å². The van der Waals surface area contributed by atoms with Crippen molar-refractivity contribution in [3.8, 4) is 17.0 Å². The van der Waals surface area contributed by atoms with Crippen LogP contribution in [0, 0.1) is 0 Å². The summed E-state index contributed by atoms with van der Waals surface area (Å²) in [4.78, 5) is 32.7. The van der Waals surface area contributed by atoms with E-state index in [0.29, 0.717) is 35.8 Å². The number of piperidine rings is 1. The van der Waals surface area contributed by atoms with Crippen LogP contribution in [0.3, 0.4) is 0 Å². The van der Waals surface area contributed by atoms with Gasteiger partial charge in [0.2, 0.25) is 5.89 Å². The number of hydrogen-bond donors (Lipinski definition) is 1. The Morgan fingerprint density at radius 3 is 2.48 bits per heavy atom. The lowest BCUT2D eigenvalue weighted by Gasteiger charge is -2.31. The Hall–Kier alpha value is -4.27. The molecule has 1 aliphatic rings. The minimum Gasteiger partial charge on any atom is -0.476 e. The third kappa shape index (κ3) is 4.00. The normalized spacial score (nSPS) is 16.0. The number of aromatic nitrogens is 4. The molecule has 0 aliphatic carbocycles. The molecule has 0 saturated carbocycles. The zero-order chi connectivity index (χ0) is 22.8. The van der Waals surface area contributed by atoms with Gasteiger partial charge in [-0.15, -0.1) is 0 Å². The van der Waals surface area contributed by atoms with E-state index in [1.165, 1.54) is 4.80 Å². The molecule has 1 fully saturated rings. The fourth-order valence-electron chi connectivity index (χ4n) is 4.14. The van der Waals surface area contributed by atoms with E-state index in [1.54, 1.807) is 47.6 Å². The summed E-state index contributed by atoms with van der Waals surface area (Å²) in [6, 6.07) is 16.2. The van der Waals surface area contributed by atoms with E-state index in [0.717, 1.165) is 12.8 Å². The second kappa shape index (κ2) is 8.70. The van der Waals surface area contributed by atoms with Gasteiger partial charge in [-0.05, 0) is 25.0 Å². The number of hydrogen-bond acceptors (Lipinski definition) is 6. The van der Waals surface area contributed by atoms with Crippen LogP contribution in [-0.2, 0) is 0 Å². The van der Waals surface area contributed by atoms with E-state index < -0.39 is 5.97 Å². The van der Waals surface area contributed by atoms with Gasteiger partial charge in [-0.1, -0.05) is 42.5 Å². The minimum absolute atomic E-state index is 0.116. The number of benzene rings is 2. The second-order valence-corrected chi connectivity index (χ2v) is 7.83. The molecular weight excluding hydrogens is 422 g/mol. The van der Waals surface area contributed by atoms with Gasteiger partial charge in [0.1, 0.15) is 0 Å². The average molecular weight is 443 g/mol. The molecule has 2 aromatic heterocycles. The van der Waals surface area contributed by atoms with E-state index in [2.05, 4.69) is 15.2 Å². The molecule has 3 heterocycles. The highest BCUT2D eigenvalue weighted by molar-refractivity contribution is 5.97. The number of oxazole rings is 1. The largest absolute Gasteiger partial charge is 0.476 e. The number of aromatic carboxylic acids is 1. The fraction of sp³-hybridized carbons (Fsp3) is 0.208. The van der Waals surface area contributed by atoms with Crippen molar-refractivity contribution in [1.29, 1.82) is 0 Å². The predicted octanol–water partition coefficient (Wildman–Crippen LogP) is 3.64. The summed E-state index contributed by atoms with van der Waals surface area (Å²) in [5.41, 5.74) is 1.64. The van der Waals surface area contributed by atoms with Crippen molar-refractivity contribution in [2.45, 2.75) is 18.8 Å². The molecule has 1 N–H and O–H groups in total. The maximum absolute atomic E-state index is 13.4. The number of carbonyl (C=O) groups is 2. The highest BCUT2D eigenvalue weighted by atomic mass is 16.4. The van der Waals surface area contributed by atoms with Crippen molar-refractivity contribution in [1.82, 2.24) is 24.9 Å². The fourth-order valence-corrected chi connectivity index (χ4v) is 4.14. The van der Waals surface area contributed by atoms with Crippen molar-refractivity contribution in [2.24, 2.45) is 0 Å². The highest BCUT2D eigenvalue weighted by Gasteiger charge is 2.32. The van der Waals surface area contributed by atoms with E-state index in [-0.39, 0.29) is 23.3 Å². The van der Waals surface area contributed by atoms with Crippen LogP contribution < -0.4 is 0 Å². The summed E-state index contributed by atoms with van der Waals surface area (Å²) in [7, 11) is 0. The molecule has 9 heteroatoms. The Labute approximate surface area is 189 Å². The summed E-state index contributed by atoms with van der Waals surface area (Å²) in [6.07, 6.45) is 4.63. The molecule has 0 unspecified atom stereocenters. The molecule has 4 aromatic rings. The average Bonchev–Trinajstić information content (AvgIpc) is 3.55. The quantitative estimate of drug-likeness (QED) is 0.501. The molecule has 2 aromatic carbocycles. The third-order valence-electron chi connectivity index (χ3n) is 5.71. The van der Waals surface area contributed by atoms with Crippen molar-refractivity contribution in [2.75, 3.05) is 13.1 Å². The molecule has 5 rings (SSSR count). The van der Waals surface area contributed by atoms with Crippen LogP contribution in [-0.4, -0.2) is 55.0 Å². The number of likely N-dealkylation sites (tertiary alicyclic amines) is 1. The van der Waals surface area contributed by atoms with Crippen LogP contribution in [0.25, 0.3) is 17.0 Å². The summed E-state index contributed by atoms with van der Waals surface area (Å²) < 4.78 is 5.96. The number of carboxylic acids is 1. The topological polar surface area (TPSA) is 114 Å². The van der Waals surface area contributed by atoms with Gasteiger partial charge in [0.15, 0.2) is 11.5 Å². The molecule has 1 atom stereocenters. The number of rotatable bonds is 5. The first kappa shape index (κ1) is 20.6. The van der Waals surface area contributed by atoms with Crippen molar-refractivity contribution < 1.29 is 19.1 Å². The maximum Gasteiger partial charge on any atom is 0.358 e. The maximum atomic E-state index is 13.4. The molecule has 1 amide bonds. The molecule has 0 radical (unpaired) electrons. The van der Waals surface area contributed by atoms with Gasteiger partial charge in [-0.2, -0.15) is 15.0 Å². The van der Waals surface area contributed by atoms with Crippen molar-refractivity contribution in [3.63, 3.8) is 0 Å². The van der Waals surface area contributed by atoms with E-state index in [4.69, 9.17) is 4.42 Å².